The Morgan fingerprint density at radius 2 is 1.53 bits per heavy atom. The summed E-state index contributed by atoms with van der Waals surface area (Å²) in [6.07, 6.45) is 2.68. The van der Waals surface area contributed by atoms with Gasteiger partial charge < -0.3 is 14.6 Å². The van der Waals surface area contributed by atoms with E-state index >= 15 is 0 Å². The quantitative estimate of drug-likeness (QED) is 0.636. The van der Waals surface area contributed by atoms with E-state index in [1.165, 1.54) is 5.56 Å². The van der Waals surface area contributed by atoms with E-state index in [2.05, 4.69) is 12.1 Å². The number of hydrogen-bond donors (Lipinski definition) is 1. The van der Waals surface area contributed by atoms with Gasteiger partial charge in [-0.25, -0.2) is 0 Å². The van der Waals surface area contributed by atoms with Gasteiger partial charge in [-0.15, -0.1) is 0 Å². The van der Waals surface area contributed by atoms with Crippen molar-refractivity contribution < 1.29 is 14.6 Å². The topological polar surface area (TPSA) is 38.7 Å². The summed E-state index contributed by atoms with van der Waals surface area (Å²) < 4.78 is 10.9. The van der Waals surface area contributed by atoms with Gasteiger partial charge in [0.25, 0.3) is 0 Å². The highest BCUT2D eigenvalue weighted by Gasteiger charge is 1.93. The molecule has 0 saturated heterocycles. The lowest BCUT2D eigenvalue weighted by Gasteiger charge is -2.05. The van der Waals surface area contributed by atoms with Crippen molar-refractivity contribution in [3.8, 4) is 0 Å². The molecule has 0 atom stereocenters. The molecule has 3 nitrogen and oxygen atoms in total. The minimum Gasteiger partial charge on any atom is -0.396 e. The van der Waals surface area contributed by atoms with Crippen LogP contribution in [0.3, 0.4) is 0 Å². The van der Waals surface area contributed by atoms with Gasteiger partial charge in [0.2, 0.25) is 0 Å². The normalized spacial score (nSPS) is 10.6. The molecule has 0 fully saturated rings. The van der Waals surface area contributed by atoms with Crippen molar-refractivity contribution in [1.82, 2.24) is 0 Å². The number of aliphatic hydroxyl groups excluding tert-OH is 1. The maximum Gasteiger partial charge on any atom is 0.0716 e. The van der Waals surface area contributed by atoms with Gasteiger partial charge in [-0.3, -0.25) is 0 Å². The molecule has 0 aromatic heterocycles. The van der Waals surface area contributed by atoms with Gasteiger partial charge in [0, 0.05) is 26.4 Å². The van der Waals surface area contributed by atoms with Gasteiger partial charge in [0.1, 0.15) is 0 Å². The molecule has 0 radical (unpaired) electrons. The van der Waals surface area contributed by atoms with E-state index in [0.717, 1.165) is 39.1 Å². The molecule has 0 saturated carbocycles. The van der Waals surface area contributed by atoms with Crippen LogP contribution in [0.2, 0.25) is 0 Å². The fourth-order valence-corrected chi connectivity index (χ4v) is 1.45. The van der Waals surface area contributed by atoms with Crippen molar-refractivity contribution in [2.45, 2.75) is 25.9 Å². The second kappa shape index (κ2) is 10.3. The van der Waals surface area contributed by atoms with Crippen LogP contribution in [0.25, 0.3) is 0 Å². The van der Waals surface area contributed by atoms with E-state index in [1.807, 2.05) is 18.2 Å². The highest BCUT2D eigenvalue weighted by molar-refractivity contribution is 5.13. The highest BCUT2D eigenvalue weighted by Crippen LogP contribution is 2.00. The Bertz CT molecular complexity index is 261. The Morgan fingerprint density at radius 3 is 2.29 bits per heavy atom. The summed E-state index contributed by atoms with van der Waals surface area (Å²) in [6, 6.07) is 10.2. The van der Waals surface area contributed by atoms with E-state index in [0.29, 0.717) is 6.61 Å². The fourth-order valence-electron chi connectivity index (χ4n) is 1.45. The van der Waals surface area contributed by atoms with Crippen LogP contribution in [0.5, 0.6) is 0 Å². The van der Waals surface area contributed by atoms with E-state index in [4.69, 9.17) is 14.6 Å². The number of ether oxygens (including phenoxy) is 2. The van der Waals surface area contributed by atoms with Crippen LogP contribution in [-0.2, 0) is 16.1 Å². The third-order valence-corrected chi connectivity index (χ3v) is 2.39. The molecule has 0 amide bonds. The first-order valence-electron chi connectivity index (χ1n) is 6.24. The summed E-state index contributed by atoms with van der Waals surface area (Å²) in [5.74, 6) is 0. The zero-order valence-electron chi connectivity index (χ0n) is 10.3. The standard InChI is InChI=1S/C14H22O3/c15-9-4-5-10-16-11-6-12-17-13-14-7-2-1-3-8-14/h1-3,7-8,15H,4-6,9-13H2. The van der Waals surface area contributed by atoms with E-state index in [9.17, 15) is 0 Å². The highest BCUT2D eigenvalue weighted by atomic mass is 16.5. The monoisotopic (exact) mass is 238 g/mol. The second-order valence-corrected chi connectivity index (χ2v) is 3.93. The third kappa shape index (κ3) is 7.91. The van der Waals surface area contributed by atoms with Crippen LogP contribution in [0, 0.1) is 0 Å². The molecule has 1 aromatic rings. The number of aliphatic hydroxyl groups is 1. The van der Waals surface area contributed by atoms with Gasteiger partial charge in [-0.1, -0.05) is 30.3 Å². The summed E-state index contributed by atoms with van der Waals surface area (Å²) in [7, 11) is 0. The summed E-state index contributed by atoms with van der Waals surface area (Å²) in [5, 5.41) is 8.57. The smallest absolute Gasteiger partial charge is 0.0716 e. The lowest BCUT2D eigenvalue weighted by Crippen LogP contribution is -2.02. The molecule has 3 heteroatoms. The molecule has 1 rings (SSSR count). The van der Waals surface area contributed by atoms with E-state index < -0.39 is 0 Å². The van der Waals surface area contributed by atoms with Crippen LogP contribution in [0.15, 0.2) is 30.3 Å². The molecule has 17 heavy (non-hydrogen) atoms. The van der Waals surface area contributed by atoms with Crippen molar-refractivity contribution in [2.75, 3.05) is 26.4 Å². The maximum atomic E-state index is 8.57. The van der Waals surface area contributed by atoms with Gasteiger partial charge in [-0.2, -0.15) is 0 Å². The number of rotatable bonds is 10. The Kier molecular flexibility index (Phi) is 8.55. The van der Waals surface area contributed by atoms with Gasteiger partial charge in [-0.05, 0) is 24.8 Å². The summed E-state index contributed by atoms with van der Waals surface area (Å²) >= 11 is 0. The first-order chi connectivity index (χ1) is 8.43. The molecule has 0 bridgehead atoms. The van der Waals surface area contributed by atoms with Gasteiger partial charge in [0.15, 0.2) is 0 Å². The minimum absolute atomic E-state index is 0.254. The van der Waals surface area contributed by atoms with Crippen molar-refractivity contribution >= 4 is 0 Å². The van der Waals surface area contributed by atoms with Crippen molar-refractivity contribution in [3.05, 3.63) is 35.9 Å². The molecule has 0 aliphatic carbocycles. The summed E-state index contributed by atoms with van der Waals surface area (Å²) in [5.41, 5.74) is 1.20. The van der Waals surface area contributed by atoms with Crippen LogP contribution >= 0.6 is 0 Å². The van der Waals surface area contributed by atoms with Crippen LogP contribution in [0.4, 0.5) is 0 Å². The van der Waals surface area contributed by atoms with E-state index in [-0.39, 0.29) is 6.61 Å². The van der Waals surface area contributed by atoms with Crippen LogP contribution in [-0.4, -0.2) is 31.5 Å². The first kappa shape index (κ1) is 14.2. The van der Waals surface area contributed by atoms with Crippen molar-refractivity contribution in [2.24, 2.45) is 0 Å². The average molecular weight is 238 g/mol. The minimum atomic E-state index is 0.254. The van der Waals surface area contributed by atoms with Crippen LogP contribution < -0.4 is 0 Å². The number of benzene rings is 1. The first-order valence-corrected chi connectivity index (χ1v) is 6.24. The van der Waals surface area contributed by atoms with Gasteiger partial charge >= 0.3 is 0 Å². The number of unbranched alkanes of at least 4 members (excludes halogenated alkanes) is 1. The van der Waals surface area contributed by atoms with E-state index in [1.54, 1.807) is 0 Å². The Labute approximate surface area is 103 Å². The molecule has 0 spiro atoms. The second-order valence-electron chi connectivity index (χ2n) is 3.93. The molecule has 1 aromatic carbocycles. The summed E-state index contributed by atoms with van der Waals surface area (Å²) in [4.78, 5) is 0. The van der Waals surface area contributed by atoms with Crippen molar-refractivity contribution in [3.63, 3.8) is 0 Å². The molecular weight excluding hydrogens is 216 g/mol. The van der Waals surface area contributed by atoms with Crippen molar-refractivity contribution in [1.29, 1.82) is 0 Å². The average Bonchev–Trinajstić information content (AvgIpc) is 2.38. The lowest BCUT2D eigenvalue weighted by molar-refractivity contribution is 0.0731. The maximum absolute atomic E-state index is 8.57. The molecule has 0 unspecified atom stereocenters. The lowest BCUT2D eigenvalue weighted by atomic mass is 10.2. The molecule has 1 N–H and O–H groups in total. The fraction of sp³-hybridized carbons (Fsp3) is 0.571. The molecule has 96 valence electrons. The summed E-state index contributed by atoms with van der Waals surface area (Å²) in [6.45, 7) is 3.13. The third-order valence-electron chi connectivity index (χ3n) is 2.39. The zero-order valence-corrected chi connectivity index (χ0v) is 10.3. The molecule has 0 aliphatic heterocycles. The number of hydrogen-bond acceptors (Lipinski definition) is 3. The predicted octanol–water partition coefficient (Wildman–Crippen LogP) is 2.38. The molecule has 0 heterocycles. The molecular formula is C14H22O3. The molecule has 0 aliphatic rings. The predicted molar refractivity (Wildman–Crippen MR) is 67.9 cm³/mol. The zero-order chi connectivity index (χ0) is 12.2. The SMILES string of the molecule is OCCCCOCCCOCc1ccccc1. The Morgan fingerprint density at radius 1 is 0.824 bits per heavy atom. The van der Waals surface area contributed by atoms with Gasteiger partial charge in [0.05, 0.1) is 6.61 Å². The Hall–Kier alpha value is -0.900. The largest absolute Gasteiger partial charge is 0.396 e. The Balaban J connectivity index is 1.85. The van der Waals surface area contributed by atoms with Crippen LogP contribution in [0.1, 0.15) is 24.8 Å².